The van der Waals surface area contributed by atoms with Gasteiger partial charge in [-0.15, -0.1) is 0 Å². The molecule has 2 unspecified atom stereocenters. The summed E-state index contributed by atoms with van der Waals surface area (Å²) in [6.07, 6.45) is 1.13. The highest BCUT2D eigenvalue weighted by Gasteiger charge is 2.69. The van der Waals surface area contributed by atoms with Crippen molar-refractivity contribution in [1.29, 1.82) is 0 Å². The minimum absolute atomic E-state index is 0.143. The first-order valence-corrected chi connectivity index (χ1v) is 8.19. The lowest BCUT2D eigenvalue weighted by Gasteiger charge is -2.10. The molecule has 1 fully saturated rings. The van der Waals surface area contributed by atoms with Gasteiger partial charge in [-0.3, -0.25) is 0 Å². The van der Waals surface area contributed by atoms with Crippen LogP contribution in [0, 0.1) is 5.41 Å². The van der Waals surface area contributed by atoms with Gasteiger partial charge in [0.05, 0.1) is 18.5 Å². The van der Waals surface area contributed by atoms with Gasteiger partial charge in [0.15, 0.2) is 21.3 Å². The molecule has 2 N–H and O–H groups in total. The van der Waals surface area contributed by atoms with E-state index in [4.69, 9.17) is 9.47 Å². The van der Waals surface area contributed by atoms with Crippen molar-refractivity contribution in [3.63, 3.8) is 0 Å². The second kappa shape index (κ2) is 4.34. The SMILES string of the molecule is CS(=O)(=O)C1C(c2ccc3c(c2)OCO3)C1(CO)CO. The third-order valence-corrected chi connectivity index (χ3v) is 5.85. The fourth-order valence-electron chi connectivity index (χ4n) is 3.17. The smallest absolute Gasteiger partial charge is 0.231 e. The van der Waals surface area contributed by atoms with Crippen LogP contribution in [-0.4, -0.2) is 50.1 Å². The number of aliphatic hydroxyl groups excluding tert-OH is 2. The molecule has 20 heavy (non-hydrogen) atoms. The van der Waals surface area contributed by atoms with Crippen molar-refractivity contribution in [3.05, 3.63) is 23.8 Å². The zero-order valence-electron chi connectivity index (χ0n) is 10.9. The molecule has 2 atom stereocenters. The number of sulfone groups is 1. The Kier molecular flexibility index (Phi) is 2.97. The molecule has 6 nitrogen and oxygen atoms in total. The fourth-order valence-corrected chi connectivity index (χ4v) is 5.16. The molecule has 3 rings (SSSR count). The van der Waals surface area contributed by atoms with E-state index in [0.717, 1.165) is 11.8 Å². The Labute approximate surface area is 116 Å². The van der Waals surface area contributed by atoms with Gasteiger partial charge < -0.3 is 19.7 Å². The maximum atomic E-state index is 11.9. The van der Waals surface area contributed by atoms with Crippen molar-refractivity contribution in [3.8, 4) is 11.5 Å². The third-order valence-electron chi connectivity index (χ3n) is 4.19. The first kappa shape index (κ1) is 13.7. The van der Waals surface area contributed by atoms with E-state index in [1.165, 1.54) is 0 Å². The van der Waals surface area contributed by atoms with E-state index < -0.39 is 26.4 Å². The number of benzene rings is 1. The maximum absolute atomic E-state index is 11.9. The van der Waals surface area contributed by atoms with Crippen molar-refractivity contribution < 1.29 is 28.1 Å². The van der Waals surface area contributed by atoms with E-state index >= 15 is 0 Å². The van der Waals surface area contributed by atoms with Gasteiger partial charge in [0.25, 0.3) is 0 Å². The summed E-state index contributed by atoms with van der Waals surface area (Å²) in [4.78, 5) is 0. The van der Waals surface area contributed by atoms with Gasteiger partial charge in [-0.2, -0.15) is 0 Å². The standard InChI is InChI=1S/C13H16O6S/c1-20(16,17)12-11(13(12,5-14)6-15)8-2-3-9-10(4-8)19-7-18-9/h2-4,11-12,14-15H,5-7H2,1H3. The van der Waals surface area contributed by atoms with Gasteiger partial charge in [-0.1, -0.05) is 6.07 Å². The highest BCUT2D eigenvalue weighted by atomic mass is 32.2. The van der Waals surface area contributed by atoms with Gasteiger partial charge >= 0.3 is 0 Å². The first-order chi connectivity index (χ1) is 9.44. The van der Waals surface area contributed by atoms with Crippen molar-refractivity contribution in [2.45, 2.75) is 11.2 Å². The second-order valence-corrected chi connectivity index (χ2v) is 7.56. The van der Waals surface area contributed by atoms with Gasteiger partial charge in [0.1, 0.15) is 0 Å². The zero-order valence-corrected chi connectivity index (χ0v) is 11.8. The summed E-state index contributed by atoms with van der Waals surface area (Å²) in [5, 5.41) is 18.3. The topological polar surface area (TPSA) is 93.1 Å². The van der Waals surface area contributed by atoms with E-state index in [1.807, 2.05) is 0 Å². The van der Waals surface area contributed by atoms with Crippen LogP contribution >= 0.6 is 0 Å². The molecule has 0 aromatic heterocycles. The van der Waals surface area contributed by atoms with Crippen LogP contribution in [-0.2, 0) is 9.84 Å². The molecule has 0 amide bonds. The average Bonchev–Trinajstić information content (AvgIpc) is 2.89. The Morgan fingerprint density at radius 2 is 1.90 bits per heavy atom. The Balaban J connectivity index is 2.01. The number of hydrogen-bond acceptors (Lipinski definition) is 6. The van der Waals surface area contributed by atoms with Crippen LogP contribution in [0.15, 0.2) is 18.2 Å². The minimum Gasteiger partial charge on any atom is -0.454 e. The molecule has 1 aliphatic carbocycles. The van der Waals surface area contributed by atoms with Gasteiger partial charge in [-0.05, 0) is 17.7 Å². The molecule has 0 spiro atoms. The first-order valence-electron chi connectivity index (χ1n) is 6.24. The summed E-state index contributed by atoms with van der Waals surface area (Å²) in [6, 6.07) is 5.19. The Bertz CT molecular complexity index is 634. The number of rotatable bonds is 4. The van der Waals surface area contributed by atoms with E-state index in [1.54, 1.807) is 18.2 Å². The zero-order chi connectivity index (χ0) is 14.5. The van der Waals surface area contributed by atoms with Crippen molar-refractivity contribution in [2.75, 3.05) is 26.3 Å². The van der Waals surface area contributed by atoms with Crippen LogP contribution in [0.2, 0.25) is 0 Å². The molecule has 110 valence electrons. The summed E-state index contributed by atoms with van der Waals surface area (Å²) in [5.74, 6) is 0.748. The lowest BCUT2D eigenvalue weighted by Crippen LogP contribution is -2.22. The summed E-state index contributed by atoms with van der Waals surface area (Å²) < 4.78 is 34.2. The van der Waals surface area contributed by atoms with Gasteiger partial charge in [-0.25, -0.2) is 8.42 Å². The number of hydrogen-bond donors (Lipinski definition) is 2. The third kappa shape index (κ3) is 1.81. The number of aliphatic hydroxyl groups is 2. The maximum Gasteiger partial charge on any atom is 0.231 e. The van der Waals surface area contributed by atoms with E-state index in [0.29, 0.717) is 11.5 Å². The van der Waals surface area contributed by atoms with Gasteiger partial charge in [0.2, 0.25) is 6.79 Å². The molecule has 1 aromatic rings. The van der Waals surface area contributed by atoms with E-state index in [-0.39, 0.29) is 20.0 Å². The van der Waals surface area contributed by atoms with Crippen molar-refractivity contribution in [2.24, 2.45) is 5.41 Å². The molecule has 1 heterocycles. The lowest BCUT2D eigenvalue weighted by molar-refractivity contribution is 0.130. The summed E-state index contributed by atoms with van der Waals surface area (Å²) >= 11 is 0. The predicted octanol–water partition coefficient (Wildman–Crippen LogP) is -0.103. The largest absolute Gasteiger partial charge is 0.454 e. The molecule has 1 aromatic carbocycles. The minimum atomic E-state index is -3.36. The Morgan fingerprint density at radius 1 is 1.25 bits per heavy atom. The van der Waals surface area contributed by atoms with Crippen LogP contribution in [0.25, 0.3) is 0 Å². The summed E-state index contributed by atoms with van der Waals surface area (Å²) in [5.41, 5.74) is -0.283. The normalized spacial score (nSPS) is 26.6. The molecule has 2 aliphatic rings. The molecule has 7 heteroatoms. The lowest BCUT2D eigenvalue weighted by atomic mass is 10.0. The quantitative estimate of drug-likeness (QED) is 0.806. The highest BCUT2D eigenvalue weighted by Crippen LogP contribution is 2.62. The number of fused-ring (bicyclic) bond motifs is 1. The van der Waals surface area contributed by atoms with Crippen LogP contribution in [0.3, 0.4) is 0 Å². The monoisotopic (exact) mass is 300 g/mol. The van der Waals surface area contributed by atoms with E-state index in [9.17, 15) is 18.6 Å². The van der Waals surface area contributed by atoms with Crippen molar-refractivity contribution in [1.82, 2.24) is 0 Å². The van der Waals surface area contributed by atoms with Crippen molar-refractivity contribution >= 4 is 9.84 Å². The van der Waals surface area contributed by atoms with Crippen LogP contribution < -0.4 is 9.47 Å². The van der Waals surface area contributed by atoms with Crippen LogP contribution in [0.4, 0.5) is 0 Å². The molecular weight excluding hydrogens is 284 g/mol. The Hall–Kier alpha value is -1.31. The van der Waals surface area contributed by atoms with Crippen LogP contribution in [0.5, 0.6) is 11.5 Å². The second-order valence-electron chi connectivity index (χ2n) is 5.39. The molecule has 0 bridgehead atoms. The molecule has 0 saturated heterocycles. The molecule has 1 aliphatic heterocycles. The highest BCUT2D eigenvalue weighted by molar-refractivity contribution is 7.91. The van der Waals surface area contributed by atoms with E-state index in [2.05, 4.69) is 0 Å². The predicted molar refractivity (Wildman–Crippen MR) is 70.5 cm³/mol. The molecule has 0 radical (unpaired) electrons. The average molecular weight is 300 g/mol. The number of ether oxygens (including phenoxy) is 2. The van der Waals surface area contributed by atoms with Crippen LogP contribution in [0.1, 0.15) is 11.5 Å². The van der Waals surface area contributed by atoms with Gasteiger partial charge in [0, 0.05) is 17.6 Å². The molecular formula is C13H16O6S. The summed E-state index contributed by atoms with van der Waals surface area (Å²) in [7, 11) is -3.36. The fraction of sp³-hybridized carbons (Fsp3) is 0.538. The molecule has 1 saturated carbocycles. The summed E-state index contributed by atoms with van der Waals surface area (Å²) in [6.45, 7) is -0.606. The Morgan fingerprint density at radius 3 is 2.45 bits per heavy atom.